The number of thiazole rings is 1. The van der Waals surface area contributed by atoms with Gasteiger partial charge in [0.15, 0.2) is 4.34 Å². The fourth-order valence-electron chi connectivity index (χ4n) is 4.40. The van der Waals surface area contributed by atoms with Gasteiger partial charge in [0.1, 0.15) is 11.5 Å². The van der Waals surface area contributed by atoms with Gasteiger partial charge in [0.25, 0.3) is 5.91 Å². The van der Waals surface area contributed by atoms with Crippen LogP contribution in [0.1, 0.15) is 61.1 Å². The molecule has 0 aliphatic carbocycles. The van der Waals surface area contributed by atoms with Gasteiger partial charge in [-0.25, -0.2) is 4.98 Å². The summed E-state index contributed by atoms with van der Waals surface area (Å²) in [5, 5.41) is 6.01. The predicted molar refractivity (Wildman–Crippen MR) is 164 cm³/mol. The highest BCUT2D eigenvalue weighted by atomic mass is 32.2. The van der Waals surface area contributed by atoms with Crippen molar-refractivity contribution in [1.82, 2.24) is 10.3 Å². The molecule has 0 spiro atoms. The number of anilines is 1. The number of methoxy groups -OCH3 is 1. The van der Waals surface area contributed by atoms with Crippen molar-refractivity contribution in [1.29, 1.82) is 0 Å². The highest BCUT2D eigenvalue weighted by molar-refractivity contribution is 8.01. The van der Waals surface area contributed by atoms with E-state index in [1.165, 1.54) is 23.1 Å². The maximum absolute atomic E-state index is 13.2. The summed E-state index contributed by atoms with van der Waals surface area (Å²) < 4.78 is 13.4. The Balaban J connectivity index is 1.40. The number of nitrogens with zero attached hydrogens (tertiary/aromatic N) is 1. The Morgan fingerprint density at radius 3 is 2.58 bits per heavy atom. The van der Waals surface area contributed by atoms with E-state index in [0.717, 1.165) is 38.5 Å². The highest BCUT2D eigenvalue weighted by Gasteiger charge is 2.19. The quantitative estimate of drug-likeness (QED) is 0.171. The lowest BCUT2D eigenvalue weighted by Crippen LogP contribution is -2.28. The van der Waals surface area contributed by atoms with Crippen molar-refractivity contribution < 1.29 is 19.1 Å². The number of aromatic nitrogens is 1. The van der Waals surface area contributed by atoms with Crippen molar-refractivity contribution >= 4 is 50.8 Å². The second-order valence-electron chi connectivity index (χ2n) is 9.59. The third-order valence-corrected chi connectivity index (χ3v) is 8.62. The number of thioether (sulfide) groups is 1. The maximum atomic E-state index is 13.2. The number of carbonyl (C=O) groups is 2. The molecule has 0 saturated carbocycles. The Labute approximate surface area is 243 Å². The van der Waals surface area contributed by atoms with E-state index in [2.05, 4.69) is 22.5 Å². The van der Waals surface area contributed by atoms with Crippen molar-refractivity contribution in [2.75, 3.05) is 18.2 Å². The molecule has 2 amide bonds. The van der Waals surface area contributed by atoms with Crippen LogP contribution in [-0.2, 0) is 4.79 Å². The summed E-state index contributed by atoms with van der Waals surface area (Å²) >= 11 is 2.90. The van der Waals surface area contributed by atoms with Crippen molar-refractivity contribution in [2.24, 2.45) is 0 Å². The summed E-state index contributed by atoms with van der Waals surface area (Å²) in [6.07, 6.45) is 2.06. The van der Waals surface area contributed by atoms with Gasteiger partial charge < -0.3 is 20.1 Å². The average Bonchev–Trinajstić information content (AvgIpc) is 3.35. The molecule has 4 aromatic rings. The third kappa shape index (κ3) is 7.34. The van der Waals surface area contributed by atoms with Crippen LogP contribution < -0.4 is 20.1 Å². The molecular weight excluding hydrogens is 542 g/mol. The number of ether oxygens (including phenoxy) is 2. The number of carbonyl (C=O) groups excluding carboxylic acids is 2. The molecule has 0 aliphatic rings. The van der Waals surface area contributed by atoms with Crippen LogP contribution in [0.4, 0.5) is 5.69 Å². The summed E-state index contributed by atoms with van der Waals surface area (Å²) in [5.41, 5.74) is 3.77. The summed E-state index contributed by atoms with van der Waals surface area (Å²) in [5.74, 6) is 1.17. The molecule has 0 fully saturated rings. The Morgan fingerprint density at radius 1 is 1.07 bits per heavy atom. The van der Waals surface area contributed by atoms with Gasteiger partial charge in [0.05, 0.1) is 40.8 Å². The van der Waals surface area contributed by atoms with E-state index in [0.29, 0.717) is 22.7 Å². The second-order valence-corrected chi connectivity index (χ2v) is 11.8. The van der Waals surface area contributed by atoms with E-state index >= 15 is 0 Å². The van der Waals surface area contributed by atoms with E-state index in [1.54, 1.807) is 13.2 Å². The molecule has 1 heterocycles. The van der Waals surface area contributed by atoms with Gasteiger partial charge in [-0.15, -0.1) is 11.3 Å². The van der Waals surface area contributed by atoms with Gasteiger partial charge in [0, 0.05) is 11.3 Å². The van der Waals surface area contributed by atoms with Crippen LogP contribution >= 0.6 is 23.1 Å². The largest absolute Gasteiger partial charge is 0.495 e. The summed E-state index contributed by atoms with van der Waals surface area (Å²) in [4.78, 5) is 30.3. The number of amides is 2. The van der Waals surface area contributed by atoms with Crippen LogP contribution in [0.5, 0.6) is 11.5 Å². The first-order chi connectivity index (χ1) is 19.3. The van der Waals surface area contributed by atoms with E-state index in [9.17, 15) is 9.59 Å². The SMILES string of the molecule is CCCC(C)Oc1ccc(C(=O)Nc2ccc3nc(SCC(=O)NC(C)c4ccccc4)sc3c2)c(OC)c1C. The van der Waals surface area contributed by atoms with Gasteiger partial charge >= 0.3 is 0 Å². The van der Waals surface area contributed by atoms with Crippen LogP contribution in [0.15, 0.2) is 65.0 Å². The minimum atomic E-state index is -0.268. The van der Waals surface area contributed by atoms with E-state index in [4.69, 9.17) is 9.47 Å². The second kappa shape index (κ2) is 13.7. The van der Waals surface area contributed by atoms with E-state index in [1.807, 2.05) is 75.4 Å². The first-order valence-electron chi connectivity index (χ1n) is 13.3. The van der Waals surface area contributed by atoms with Crippen LogP contribution in [0.3, 0.4) is 0 Å². The average molecular weight is 578 g/mol. The fraction of sp³-hybridized carbons (Fsp3) is 0.323. The number of hydrogen-bond acceptors (Lipinski definition) is 7. The molecule has 0 bridgehead atoms. The van der Waals surface area contributed by atoms with Gasteiger partial charge in [-0.05, 0) is 63.1 Å². The molecule has 3 aromatic carbocycles. The lowest BCUT2D eigenvalue weighted by molar-refractivity contribution is -0.119. The molecule has 40 heavy (non-hydrogen) atoms. The maximum Gasteiger partial charge on any atom is 0.259 e. The fourth-order valence-corrected chi connectivity index (χ4v) is 6.32. The molecule has 0 aliphatic heterocycles. The molecule has 7 nitrogen and oxygen atoms in total. The monoisotopic (exact) mass is 577 g/mol. The van der Waals surface area contributed by atoms with Crippen LogP contribution in [0.25, 0.3) is 10.2 Å². The van der Waals surface area contributed by atoms with Crippen molar-refractivity contribution in [2.45, 2.75) is 57.0 Å². The van der Waals surface area contributed by atoms with Crippen LogP contribution in [0.2, 0.25) is 0 Å². The third-order valence-electron chi connectivity index (χ3n) is 6.46. The van der Waals surface area contributed by atoms with Gasteiger partial charge in [-0.3, -0.25) is 9.59 Å². The number of nitrogens with one attached hydrogen (secondary N) is 2. The van der Waals surface area contributed by atoms with Crippen molar-refractivity contribution in [3.05, 3.63) is 77.4 Å². The molecule has 2 unspecified atom stereocenters. The molecular formula is C31H35N3O4S2. The zero-order chi connectivity index (χ0) is 28.6. The zero-order valence-corrected chi connectivity index (χ0v) is 25.1. The lowest BCUT2D eigenvalue weighted by atomic mass is 10.1. The lowest BCUT2D eigenvalue weighted by Gasteiger charge is -2.19. The van der Waals surface area contributed by atoms with Gasteiger partial charge in [-0.2, -0.15) is 0 Å². The minimum absolute atomic E-state index is 0.0472. The number of hydrogen-bond donors (Lipinski definition) is 2. The predicted octanol–water partition coefficient (Wildman–Crippen LogP) is 7.40. The molecule has 9 heteroatoms. The number of benzene rings is 3. The molecule has 0 saturated heterocycles. The van der Waals surface area contributed by atoms with Crippen LogP contribution in [-0.4, -0.2) is 35.8 Å². The van der Waals surface area contributed by atoms with Gasteiger partial charge in [0.2, 0.25) is 5.91 Å². The Kier molecular flexibility index (Phi) is 10.1. The Bertz CT molecular complexity index is 1470. The Morgan fingerprint density at radius 2 is 1.85 bits per heavy atom. The first-order valence-corrected chi connectivity index (χ1v) is 15.1. The normalized spacial score (nSPS) is 12.5. The summed E-state index contributed by atoms with van der Waals surface area (Å²) in [6.45, 7) is 8.03. The minimum Gasteiger partial charge on any atom is -0.495 e. The van der Waals surface area contributed by atoms with E-state index < -0.39 is 0 Å². The molecule has 2 atom stereocenters. The topological polar surface area (TPSA) is 89.5 Å². The molecule has 2 N–H and O–H groups in total. The first kappa shape index (κ1) is 29.4. The van der Waals surface area contributed by atoms with Gasteiger partial charge in [-0.1, -0.05) is 55.4 Å². The highest BCUT2D eigenvalue weighted by Crippen LogP contribution is 2.34. The van der Waals surface area contributed by atoms with Crippen molar-refractivity contribution in [3.63, 3.8) is 0 Å². The smallest absolute Gasteiger partial charge is 0.259 e. The standard InChI is InChI=1S/C31H35N3O4S2/c1-6-10-19(2)38-26-16-14-24(29(37-5)20(26)3)30(36)33-23-13-15-25-27(17-23)40-31(34-25)39-18-28(35)32-21(4)22-11-8-7-9-12-22/h7-9,11-17,19,21H,6,10,18H2,1-5H3,(H,32,35)(H,33,36). The number of rotatable bonds is 12. The molecule has 210 valence electrons. The molecule has 1 aromatic heterocycles. The Hall–Kier alpha value is -3.56. The zero-order valence-electron chi connectivity index (χ0n) is 23.4. The summed E-state index contributed by atoms with van der Waals surface area (Å²) in [7, 11) is 1.56. The molecule has 4 rings (SSSR count). The molecule has 0 radical (unpaired) electrons. The van der Waals surface area contributed by atoms with Crippen molar-refractivity contribution in [3.8, 4) is 11.5 Å². The number of fused-ring (bicyclic) bond motifs is 1. The van der Waals surface area contributed by atoms with Crippen LogP contribution in [0, 0.1) is 6.92 Å². The summed E-state index contributed by atoms with van der Waals surface area (Å²) in [6, 6.07) is 19.0. The van der Waals surface area contributed by atoms with E-state index in [-0.39, 0.29) is 29.7 Å².